The Bertz CT molecular complexity index is 442. The van der Waals surface area contributed by atoms with E-state index >= 15 is 0 Å². The van der Waals surface area contributed by atoms with E-state index in [0.29, 0.717) is 6.42 Å². The minimum atomic E-state index is -0.407. The largest absolute Gasteiger partial charge is 0.622 e. The van der Waals surface area contributed by atoms with E-state index in [9.17, 15) is 10.0 Å². The Morgan fingerprint density at radius 2 is 2.29 bits per heavy atom. The Morgan fingerprint density at radius 3 is 3.14 bits per heavy atom. The summed E-state index contributed by atoms with van der Waals surface area (Å²) in [7, 11) is 0. The van der Waals surface area contributed by atoms with Crippen molar-refractivity contribution < 1.29 is 9.44 Å². The van der Waals surface area contributed by atoms with Crippen molar-refractivity contribution in [2.24, 2.45) is 0 Å². The summed E-state index contributed by atoms with van der Waals surface area (Å²) in [6.45, 7) is 0. The molecule has 14 heavy (non-hydrogen) atoms. The topological polar surface area (TPSA) is 40.1 Å². The van der Waals surface area contributed by atoms with E-state index in [1.54, 1.807) is 18.4 Å². The predicted molar refractivity (Wildman–Crippen MR) is 51.5 cm³/mol. The smallest absolute Gasteiger partial charge is 0.179 e. The first-order valence-corrected chi connectivity index (χ1v) is 4.62. The van der Waals surface area contributed by atoms with Crippen molar-refractivity contribution in [3.8, 4) is 0 Å². The van der Waals surface area contributed by atoms with Gasteiger partial charge in [0.05, 0.1) is 6.20 Å². The number of rotatable bonds is 0. The minimum Gasteiger partial charge on any atom is -0.622 e. The number of allylic oxidation sites excluding steroid dienone is 3. The predicted octanol–water partition coefficient (Wildman–Crippen LogP) is 1.55. The van der Waals surface area contributed by atoms with E-state index in [1.807, 2.05) is 12.2 Å². The molecule has 3 aliphatic rings. The zero-order chi connectivity index (χ0) is 9.76. The number of hydroxylamine groups is 3. The standard InChI is InChI=1S/C11H9NO2/c13-10-3-4-11-8(7-10)6-9-2-1-5-12(9,11)14/h1,3-7,11H,2H2. The summed E-state index contributed by atoms with van der Waals surface area (Å²) in [6.07, 6.45) is 10.9. The normalized spacial score (nSPS) is 38.1. The average molecular weight is 187 g/mol. The van der Waals surface area contributed by atoms with Crippen LogP contribution >= 0.6 is 0 Å². The number of hydrogen-bond acceptors (Lipinski definition) is 2. The highest BCUT2D eigenvalue weighted by atomic mass is 16.5. The van der Waals surface area contributed by atoms with E-state index in [-0.39, 0.29) is 11.8 Å². The van der Waals surface area contributed by atoms with Crippen LogP contribution in [0.15, 0.2) is 47.9 Å². The van der Waals surface area contributed by atoms with Crippen LogP contribution in [0.25, 0.3) is 0 Å². The second-order valence-electron chi connectivity index (χ2n) is 3.78. The molecule has 0 saturated carbocycles. The third-order valence-corrected chi connectivity index (χ3v) is 2.94. The van der Waals surface area contributed by atoms with Gasteiger partial charge in [-0.15, -0.1) is 0 Å². The van der Waals surface area contributed by atoms with Gasteiger partial charge in [0.15, 0.2) is 5.78 Å². The maximum absolute atomic E-state index is 12.3. The van der Waals surface area contributed by atoms with Crippen LogP contribution in [0.5, 0.6) is 0 Å². The summed E-state index contributed by atoms with van der Waals surface area (Å²) in [5, 5.41) is 12.3. The van der Waals surface area contributed by atoms with Gasteiger partial charge in [0, 0.05) is 18.1 Å². The molecule has 3 rings (SSSR count). The van der Waals surface area contributed by atoms with Gasteiger partial charge in [-0.1, -0.05) is 0 Å². The molecule has 0 saturated heterocycles. The van der Waals surface area contributed by atoms with Crippen molar-refractivity contribution in [3.63, 3.8) is 0 Å². The van der Waals surface area contributed by atoms with Crippen molar-refractivity contribution in [2.75, 3.05) is 0 Å². The summed E-state index contributed by atoms with van der Waals surface area (Å²) in [4.78, 5) is 11.1. The first-order chi connectivity index (χ1) is 6.70. The molecule has 2 aliphatic heterocycles. The molecule has 0 amide bonds. The Hall–Kier alpha value is -1.45. The maximum atomic E-state index is 12.3. The summed E-state index contributed by atoms with van der Waals surface area (Å²) >= 11 is 0. The van der Waals surface area contributed by atoms with Gasteiger partial charge < -0.3 is 5.21 Å². The highest BCUT2D eigenvalue weighted by Crippen LogP contribution is 2.42. The zero-order valence-electron chi connectivity index (χ0n) is 7.51. The number of carbonyl (C=O) groups is 1. The first-order valence-electron chi connectivity index (χ1n) is 4.62. The Morgan fingerprint density at radius 1 is 1.43 bits per heavy atom. The van der Waals surface area contributed by atoms with Gasteiger partial charge in [-0.3, -0.25) is 9.44 Å². The number of hydrogen-bond donors (Lipinski definition) is 0. The Kier molecular flexibility index (Phi) is 1.31. The van der Waals surface area contributed by atoms with Crippen LogP contribution in [0.4, 0.5) is 0 Å². The molecule has 0 radical (unpaired) electrons. The summed E-state index contributed by atoms with van der Waals surface area (Å²) in [6, 6.07) is -0.221. The van der Waals surface area contributed by atoms with E-state index in [0.717, 1.165) is 11.3 Å². The molecular weight excluding hydrogens is 178 g/mol. The molecule has 0 bridgehead atoms. The fraction of sp³-hybridized carbons (Fsp3) is 0.182. The minimum absolute atomic E-state index is 0.0233. The quantitative estimate of drug-likeness (QED) is 0.426. The lowest BCUT2D eigenvalue weighted by atomic mass is 10.0. The lowest BCUT2D eigenvalue weighted by Crippen LogP contribution is -2.39. The second-order valence-corrected chi connectivity index (χ2v) is 3.78. The van der Waals surface area contributed by atoms with Crippen LogP contribution < -0.4 is 0 Å². The lowest BCUT2D eigenvalue weighted by molar-refractivity contribution is -0.794. The Labute approximate surface area is 81.5 Å². The number of fused-ring (bicyclic) bond motifs is 3. The number of nitrogens with zero attached hydrogens (tertiary/aromatic N) is 1. The molecule has 0 fully saturated rings. The molecule has 1 aliphatic carbocycles. The first kappa shape index (κ1) is 7.91. The van der Waals surface area contributed by atoms with Crippen LogP contribution in [0.1, 0.15) is 6.42 Å². The number of ketones is 1. The van der Waals surface area contributed by atoms with Crippen LogP contribution in [-0.4, -0.2) is 16.5 Å². The van der Waals surface area contributed by atoms with Crippen LogP contribution in [-0.2, 0) is 4.79 Å². The van der Waals surface area contributed by atoms with Gasteiger partial charge >= 0.3 is 0 Å². The van der Waals surface area contributed by atoms with Gasteiger partial charge in [0.2, 0.25) is 0 Å². The highest BCUT2D eigenvalue weighted by Gasteiger charge is 2.41. The SMILES string of the molecule is O=C1C=CC2C(=C1)C=C1CC=C[N+]12[O-]. The number of carbonyl (C=O) groups excluding carboxylic acids is 1. The van der Waals surface area contributed by atoms with E-state index in [4.69, 9.17) is 0 Å². The lowest BCUT2D eigenvalue weighted by Gasteiger charge is -2.39. The van der Waals surface area contributed by atoms with E-state index in [2.05, 4.69) is 0 Å². The molecule has 3 heteroatoms. The monoisotopic (exact) mass is 187 g/mol. The van der Waals surface area contributed by atoms with Gasteiger partial charge in [0.1, 0.15) is 11.7 Å². The van der Waals surface area contributed by atoms with Gasteiger partial charge in [0.25, 0.3) is 0 Å². The molecule has 2 atom stereocenters. The average Bonchev–Trinajstić information content (AvgIpc) is 2.58. The Balaban J connectivity index is 2.14. The molecule has 2 unspecified atom stereocenters. The van der Waals surface area contributed by atoms with Crippen LogP contribution in [0.2, 0.25) is 0 Å². The second kappa shape index (κ2) is 2.32. The van der Waals surface area contributed by atoms with Crippen molar-refractivity contribution in [3.05, 3.63) is 53.1 Å². The third kappa shape index (κ3) is 0.806. The summed E-state index contributed by atoms with van der Waals surface area (Å²) in [5.41, 5.74) is 1.69. The molecule has 70 valence electrons. The molecule has 0 spiro atoms. The van der Waals surface area contributed by atoms with Crippen molar-refractivity contribution in [1.29, 1.82) is 0 Å². The highest BCUT2D eigenvalue weighted by molar-refractivity contribution is 6.01. The molecule has 3 nitrogen and oxygen atoms in total. The summed E-state index contributed by atoms with van der Waals surface area (Å²) < 4.78 is -0.407. The molecule has 0 aromatic heterocycles. The fourth-order valence-electron chi connectivity index (χ4n) is 2.26. The van der Waals surface area contributed by atoms with Crippen molar-refractivity contribution in [2.45, 2.75) is 12.5 Å². The van der Waals surface area contributed by atoms with E-state index in [1.165, 1.54) is 6.08 Å². The molecule has 0 aromatic carbocycles. The fourth-order valence-corrected chi connectivity index (χ4v) is 2.26. The van der Waals surface area contributed by atoms with E-state index < -0.39 is 4.65 Å². The molecule has 2 heterocycles. The van der Waals surface area contributed by atoms with Crippen LogP contribution in [0, 0.1) is 5.21 Å². The van der Waals surface area contributed by atoms with Crippen molar-refractivity contribution >= 4 is 5.78 Å². The third-order valence-electron chi connectivity index (χ3n) is 2.94. The zero-order valence-corrected chi connectivity index (χ0v) is 7.51. The van der Waals surface area contributed by atoms with Crippen LogP contribution in [0.3, 0.4) is 0 Å². The van der Waals surface area contributed by atoms with Gasteiger partial charge in [-0.25, -0.2) is 0 Å². The number of quaternary nitrogens is 1. The maximum Gasteiger partial charge on any atom is 0.179 e. The van der Waals surface area contributed by atoms with Gasteiger partial charge in [-0.05, 0) is 24.3 Å². The molecule has 0 aromatic rings. The van der Waals surface area contributed by atoms with Gasteiger partial charge in [-0.2, -0.15) is 0 Å². The molecular formula is C11H9NO2. The van der Waals surface area contributed by atoms with Crippen molar-refractivity contribution in [1.82, 2.24) is 0 Å². The molecule has 0 N–H and O–H groups in total. The summed E-state index contributed by atoms with van der Waals surface area (Å²) in [5.74, 6) is -0.0233.